The number of amides is 2. The minimum Gasteiger partial charge on any atom is -0.379 e. The van der Waals surface area contributed by atoms with Crippen molar-refractivity contribution >= 4 is 51.1 Å². The molecular formula is C26H22N4O4S. The number of para-hydroxylation sites is 1. The molecule has 2 amide bonds. The van der Waals surface area contributed by atoms with Gasteiger partial charge in [0.05, 0.1) is 30.1 Å². The van der Waals surface area contributed by atoms with Crippen LogP contribution < -0.4 is 16.0 Å². The highest BCUT2D eigenvalue weighted by Crippen LogP contribution is 2.43. The van der Waals surface area contributed by atoms with Crippen molar-refractivity contribution in [3.8, 4) is 0 Å². The number of hydrogen-bond donors (Lipinski definition) is 3. The molecule has 35 heavy (non-hydrogen) atoms. The number of aromatic nitrogens is 1. The van der Waals surface area contributed by atoms with Crippen LogP contribution in [-0.2, 0) is 26.6 Å². The number of pyridine rings is 1. The van der Waals surface area contributed by atoms with E-state index >= 15 is 0 Å². The van der Waals surface area contributed by atoms with Gasteiger partial charge in [0.15, 0.2) is 0 Å². The van der Waals surface area contributed by atoms with Crippen LogP contribution in [0, 0.1) is 6.92 Å². The van der Waals surface area contributed by atoms with Crippen LogP contribution in [0.25, 0.3) is 10.9 Å². The molecule has 0 aliphatic carbocycles. The van der Waals surface area contributed by atoms with E-state index in [2.05, 4.69) is 20.9 Å². The second-order valence-corrected chi connectivity index (χ2v) is 9.33. The zero-order valence-electron chi connectivity index (χ0n) is 18.9. The Morgan fingerprint density at radius 2 is 2.00 bits per heavy atom. The molecule has 1 saturated heterocycles. The van der Waals surface area contributed by atoms with E-state index in [1.165, 1.54) is 11.3 Å². The standard InChI is InChI=1S/C26H22N4O4S/c1-15-14-35-23(22(15)28-13-16-8-9-27-20-5-3-2-4-18(16)20)24(31)29-17-6-7-21-19(12-17)26(25(32)30-21)33-10-11-34-26/h2-9,12,14,28H,10-11,13H2,1H3,(H,29,31)(H,30,32). The van der Waals surface area contributed by atoms with Crippen LogP contribution in [0.4, 0.5) is 17.1 Å². The molecule has 3 N–H and O–H groups in total. The predicted molar refractivity (Wildman–Crippen MR) is 135 cm³/mol. The molecule has 8 nitrogen and oxygen atoms in total. The average Bonchev–Trinajstić information content (AvgIpc) is 3.57. The van der Waals surface area contributed by atoms with Gasteiger partial charge in [-0.25, -0.2) is 0 Å². The van der Waals surface area contributed by atoms with Crippen molar-refractivity contribution in [1.82, 2.24) is 4.98 Å². The molecular weight excluding hydrogens is 464 g/mol. The van der Waals surface area contributed by atoms with Gasteiger partial charge in [-0.05, 0) is 53.8 Å². The first-order valence-electron chi connectivity index (χ1n) is 11.2. The number of nitrogens with one attached hydrogen (secondary N) is 3. The number of nitrogens with zero attached hydrogens (tertiary/aromatic N) is 1. The smallest absolute Gasteiger partial charge is 0.289 e. The Balaban J connectivity index is 1.23. The minimum atomic E-state index is -1.43. The number of ether oxygens (including phenoxy) is 2. The van der Waals surface area contributed by atoms with E-state index in [1.807, 2.05) is 42.6 Å². The third-order valence-corrected chi connectivity index (χ3v) is 7.35. The van der Waals surface area contributed by atoms with E-state index in [1.54, 1.807) is 24.4 Å². The highest BCUT2D eigenvalue weighted by atomic mass is 32.1. The molecule has 2 aromatic heterocycles. The maximum absolute atomic E-state index is 13.3. The summed E-state index contributed by atoms with van der Waals surface area (Å²) in [6.07, 6.45) is 1.80. The number of rotatable bonds is 5. The monoisotopic (exact) mass is 486 g/mol. The highest BCUT2D eigenvalue weighted by Gasteiger charge is 2.52. The second kappa shape index (κ2) is 8.46. The summed E-state index contributed by atoms with van der Waals surface area (Å²) in [6.45, 7) is 3.20. The first kappa shape index (κ1) is 21.7. The maximum atomic E-state index is 13.3. The summed E-state index contributed by atoms with van der Waals surface area (Å²) in [5.41, 5.74) is 5.58. The summed E-state index contributed by atoms with van der Waals surface area (Å²) < 4.78 is 11.3. The number of thiophene rings is 1. The van der Waals surface area contributed by atoms with Gasteiger partial charge in [0.25, 0.3) is 17.6 Å². The van der Waals surface area contributed by atoms with Gasteiger partial charge in [-0.2, -0.15) is 0 Å². The van der Waals surface area contributed by atoms with Crippen LogP contribution in [0.5, 0.6) is 0 Å². The Morgan fingerprint density at radius 1 is 1.17 bits per heavy atom. The quantitative estimate of drug-likeness (QED) is 0.381. The van der Waals surface area contributed by atoms with Crippen molar-refractivity contribution in [3.05, 3.63) is 81.7 Å². The Bertz CT molecular complexity index is 1470. The fourth-order valence-electron chi connectivity index (χ4n) is 4.54. The van der Waals surface area contributed by atoms with Crippen LogP contribution in [0.15, 0.2) is 60.1 Å². The van der Waals surface area contributed by atoms with E-state index in [4.69, 9.17) is 9.47 Å². The van der Waals surface area contributed by atoms with Gasteiger partial charge in [0.1, 0.15) is 4.88 Å². The highest BCUT2D eigenvalue weighted by molar-refractivity contribution is 7.13. The summed E-state index contributed by atoms with van der Waals surface area (Å²) >= 11 is 1.38. The Morgan fingerprint density at radius 3 is 2.86 bits per heavy atom. The van der Waals surface area contributed by atoms with Crippen LogP contribution in [0.3, 0.4) is 0 Å². The normalized spacial score (nSPS) is 15.9. The van der Waals surface area contributed by atoms with Gasteiger partial charge in [0.2, 0.25) is 0 Å². The zero-order valence-corrected chi connectivity index (χ0v) is 19.7. The third-order valence-electron chi connectivity index (χ3n) is 6.25. The largest absolute Gasteiger partial charge is 0.379 e. The molecule has 1 fully saturated rings. The van der Waals surface area contributed by atoms with Crippen molar-refractivity contribution in [2.24, 2.45) is 0 Å². The van der Waals surface area contributed by atoms with Crippen molar-refractivity contribution in [1.29, 1.82) is 0 Å². The van der Waals surface area contributed by atoms with Crippen LogP contribution >= 0.6 is 11.3 Å². The zero-order chi connectivity index (χ0) is 24.0. The topological polar surface area (TPSA) is 102 Å². The number of carbonyl (C=O) groups excluding carboxylic acids is 2. The number of fused-ring (bicyclic) bond motifs is 3. The lowest BCUT2D eigenvalue weighted by molar-refractivity contribution is -0.178. The predicted octanol–water partition coefficient (Wildman–Crippen LogP) is 4.62. The van der Waals surface area contributed by atoms with E-state index < -0.39 is 5.79 Å². The summed E-state index contributed by atoms with van der Waals surface area (Å²) in [6, 6.07) is 15.2. The van der Waals surface area contributed by atoms with E-state index in [-0.39, 0.29) is 11.8 Å². The van der Waals surface area contributed by atoms with Gasteiger partial charge in [-0.15, -0.1) is 11.3 Å². The van der Waals surface area contributed by atoms with Crippen molar-refractivity contribution in [2.75, 3.05) is 29.2 Å². The molecule has 4 aromatic rings. The van der Waals surface area contributed by atoms with Gasteiger partial charge < -0.3 is 25.4 Å². The molecule has 0 bridgehead atoms. The molecule has 2 aliphatic rings. The fraction of sp³-hybridized carbons (Fsp3) is 0.192. The molecule has 0 atom stereocenters. The molecule has 2 aromatic carbocycles. The molecule has 4 heterocycles. The minimum absolute atomic E-state index is 0.232. The molecule has 9 heteroatoms. The lowest BCUT2D eigenvalue weighted by atomic mass is 10.1. The second-order valence-electron chi connectivity index (χ2n) is 8.45. The van der Waals surface area contributed by atoms with E-state index in [0.717, 1.165) is 27.7 Å². The maximum Gasteiger partial charge on any atom is 0.289 e. The van der Waals surface area contributed by atoms with Gasteiger partial charge in [-0.1, -0.05) is 18.2 Å². The Hall–Kier alpha value is -3.79. The molecule has 6 rings (SSSR count). The van der Waals surface area contributed by atoms with Gasteiger partial charge >= 0.3 is 0 Å². The van der Waals surface area contributed by atoms with Crippen molar-refractivity contribution in [2.45, 2.75) is 19.3 Å². The number of carbonyl (C=O) groups is 2. The van der Waals surface area contributed by atoms with Crippen LogP contribution in [-0.4, -0.2) is 30.0 Å². The summed E-state index contributed by atoms with van der Waals surface area (Å²) in [5.74, 6) is -2.02. The molecule has 2 aliphatic heterocycles. The SMILES string of the molecule is Cc1csc(C(=O)Nc2ccc3c(c2)C2(OCCO2)C(=O)N3)c1NCc1ccnc2ccccc12. The van der Waals surface area contributed by atoms with Crippen LogP contribution in [0.2, 0.25) is 0 Å². The van der Waals surface area contributed by atoms with Crippen LogP contribution in [0.1, 0.15) is 26.4 Å². The molecule has 0 unspecified atom stereocenters. The van der Waals surface area contributed by atoms with Gasteiger partial charge in [-0.3, -0.25) is 14.6 Å². The molecule has 0 saturated carbocycles. The lowest BCUT2D eigenvalue weighted by Crippen LogP contribution is -2.35. The Labute approximate surface area is 205 Å². The van der Waals surface area contributed by atoms with Crippen molar-refractivity contribution < 1.29 is 19.1 Å². The molecule has 0 radical (unpaired) electrons. The number of anilines is 3. The lowest BCUT2D eigenvalue weighted by Gasteiger charge is -2.19. The summed E-state index contributed by atoms with van der Waals surface area (Å²) in [7, 11) is 0. The average molecular weight is 487 g/mol. The van der Waals surface area contributed by atoms with Gasteiger partial charge in [0, 0.05) is 29.4 Å². The molecule has 176 valence electrons. The number of hydrogen-bond acceptors (Lipinski definition) is 7. The summed E-state index contributed by atoms with van der Waals surface area (Å²) in [4.78, 5) is 30.7. The number of aryl methyl sites for hydroxylation is 1. The van der Waals surface area contributed by atoms with E-state index in [9.17, 15) is 9.59 Å². The van der Waals surface area contributed by atoms with Crippen molar-refractivity contribution in [3.63, 3.8) is 0 Å². The van der Waals surface area contributed by atoms with E-state index in [0.29, 0.717) is 41.6 Å². The fourth-order valence-corrected chi connectivity index (χ4v) is 5.46. The number of benzene rings is 2. The summed E-state index contributed by atoms with van der Waals surface area (Å²) in [5, 5.41) is 12.2. The molecule has 1 spiro atoms. The first-order valence-corrected chi connectivity index (χ1v) is 12.1. The third kappa shape index (κ3) is 3.65. The first-order chi connectivity index (χ1) is 17.0. The Kier molecular flexibility index (Phi) is 5.25.